The van der Waals surface area contributed by atoms with Crippen LogP contribution in [0.15, 0.2) is 30.3 Å². The molecule has 1 heterocycles. The van der Waals surface area contributed by atoms with Crippen molar-refractivity contribution in [2.45, 2.75) is 32.4 Å². The van der Waals surface area contributed by atoms with Gasteiger partial charge in [0.1, 0.15) is 0 Å². The zero-order chi connectivity index (χ0) is 15.2. The van der Waals surface area contributed by atoms with Crippen LogP contribution in [-0.2, 0) is 11.3 Å². The van der Waals surface area contributed by atoms with Crippen LogP contribution in [0.2, 0.25) is 0 Å². The molecule has 2 unspecified atom stereocenters. The highest BCUT2D eigenvalue weighted by atomic mass is 16.2. The predicted octanol–water partition coefficient (Wildman–Crippen LogP) is 1.70. The second-order valence-corrected chi connectivity index (χ2v) is 6.24. The molecule has 1 aliphatic heterocycles. The molecular weight excluding hydrogens is 262 g/mol. The summed E-state index contributed by atoms with van der Waals surface area (Å²) in [5.41, 5.74) is 7.03. The van der Waals surface area contributed by atoms with E-state index in [4.69, 9.17) is 5.73 Å². The predicted molar refractivity (Wildman–Crippen MR) is 85.7 cm³/mol. The molecule has 0 spiro atoms. The van der Waals surface area contributed by atoms with E-state index >= 15 is 0 Å². The van der Waals surface area contributed by atoms with Crippen molar-refractivity contribution >= 4 is 5.91 Å². The van der Waals surface area contributed by atoms with Gasteiger partial charge in [-0.25, -0.2) is 0 Å². The lowest BCUT2D eigenvalue weighted by atomic mass is 9.97. The first-order valence-corrected chi connectivity index (χ1v) is 7.83. The molecule has 0 aromatic heterocycles. The quantitative estimate of drug-likeness (QED) is 0.897. The summed E-state index contributed by atoms with van der Waals surface area (Å²) in [4.78, 5) is 16.2. The molecule has 1 amide bonds. The molecule has 21 heavy (non-hydrogen) atoms. The SMILES string of the molecule is CC(N)C(=O)N(C)CC1CCCN(Cc2ccccc2)C1. The monoisotopic (exact) mass is 289 g/mol. The molecule has 1 aromatic carbocycles. The third kappa shape index (κ3) is 4.83. The summed E-state index contributed by atoms with van der Waals surface area (Å²) in [6, 6.07) is 10.2. The van der Waals surface area contributed by atoms with Crippen LogP contribution in [0.1, 0.15) is 25.3 Å². The largest absolute Gasteiger partial charge is 0.344 e. The number of rotatable bonds is 5. The summed E-state index contributed by atoms with van der Waals surface area (Å²) in [7, 11) is 1.86. The van der Waals surface area contributed by atoms with Crippen molar-refractivity contribution < 1.29 is 4.79 Å². The van der Waals surface area contributed by atoms with Crippen LogP contribution in [0.5, 0.6) is 0 Å². The average Bonchev–Trinajstić information content (AvgIpc) is 2.47. The number of nitrogens with zero attached hydrogens (tertiary/aromatic N) is 2. The van der Waals surface area contributed by atoms with E-state index in [0.29, 0.717) is 5.92 Å². The Morgan fingerprint density at radius 3 is 2.81 bits per heavy atom. The summed E-state index contributed by atoms with van der Waals surface area (Å²) in [6.45, 7) is 5.77. The number of likely N-dealkylation sites (N-methyl/N-ethyl adjacent to an activating group) is 1. The van der Waals surface area contributed by atoms with Gasteiger partial charge in [-0.2, -0.15) is 0 Å². The third-order valence-electron chi connectivity index (χ3n) is 4.15. The topological polar surface area (TPSA) is 49.6 Å². The molecule has 0 aliphatic carbocycles. The lowest BCUT2D eigenvalue weighted by molar-refractivity contribution is -0.131. The molecule has 1 fully saturated rings. The first-order valence-electron chi connectivity index (χ1n) is 7.83. The van der Waals surface area contributed by atoms with Gasteiger partial charge in [0.15, 0.2) is 0 Å². The van der Waals surface area contributed by atoms with Gasteiger partial charge in [-0.15, -0.1) is 0 Å². The molecule has 2 atom stereocenters. The highest BCUT2D eigenvalue weighted by Crippen LogP contribution is 2.19. The number of nitrogens with two attached hydrogens (primary N) is 1. The summed E-state index contributed by atoms with van der Waals surface area (Å²) in [6.07, 6.45) is 2.40. The van der Waals surface area contributed by atoms with Crippen molar-refractivity contribution in [3.8, 4) is 0 Å². The number of amides is 1. The first kappa shape index (κ1) is 16.0. The number of piperidine rings is 1. The van der Waals surface area contributed by atoms with E-state index in [0.717, 1.165) is 26.2 Å². The average molecular weight is 289 g/mol. The molecule has 2 rings (SSSR count). The highest BCUT2D eigenvalue weighted by Gasteiger charge is 2.23. The standard InChI is InChI=1S/C17H27N3O/c1-14(18)17(21)19(2)11-16-9-6-10-20(13-16)12-15-7-4-3-5-8-15/h3-5,7-8,14,16H,6,9-13,18H2,1-2H3. The Hall–Kier alpha value is -1.39. The van der Waals surface area contributed by atoms with Gasteiger partial charge in [0.2, 0.25) is 5.91 Å². The molecule has 1 aromatic rings. The van der Waals surface area contributed by atoms with Crippen LogP contribution in [0.25, 0.3) is 0 Å². The van der Waals surface area contributed by atoms with Gasteiger partial charge < -0.3 is 10.6 Å². The Bertz CT molecular complexity index is 447. The zero-order valence-corrected chi connectivity index (χ0v) is 13.2. The minimum absolute atomic E-state index is 0.0372. The van der Waals surface area contributed by atoms with E-state index in [2.05, 4.69) is 35.2 Å². The highest BCUT2D eigenvalue weighted by molar-refractivity contribution is 5.80. The normalized spacial score (nSPS) is 21.0. The van der Waals surface area contributed by atoms with Gasteiger partial charge in [-0.3, -0.25) is 9.69 Å². The van der Waals surface area contributed by atoms with Crippen molar-refractivity contribution in [2.24, 2.45) is 11.7 Å². The Morgan fingerprint density at radius 2 is 2.14 bits per heavy atom. The maximum Gasteiger partial charge on any atom is 0.238 e. The van der Waals surface area contributed by atoms with Crippen molar-refractivity contribution in [3.63, 3.8) is 0 Å². The van der Waals surface area contributed by atoms with Crippen molar-refractivity contribution in [1.29, 1.82) is 0 Å². The number of benzene rings is 1. The van der Waals surface area contributed by atoms with E-state index in [-0.39, 0.29) is 5.91 Å². The van der Waals surface area contributed by atoms with Crippen molar-refractivity contribution in [3.05, 3.63) is 35.9 Å². The van der Waals surface area contributed by atoms with E-state index in [1.165, 1.54) is 18.4 Å². The number of carbonyl (C=O) groups excluding carboxylic acids is 1. The molecule has 0 bridgehead atoms. The van der Waals surface area contributed by atoms with Crippen LogP contribution < -0.4 is 5.73 Å². The van der Waals surface area contributed by atoms with Gasteiger partial charge in [0.25, 0.3) is 0 Å². The lowest BCUT2D eigenvalue weighted by Crippen LogP contribution is -2.45. The summed E-state index contributed by atoms with van der Waals surface area (Å²) in [5.74, 6) is 0.588. The molecule has 1 saturated heterocycles. The fraction of sp³-hybridized carbons (Fsp3) is 0.588. The molecule has 1 aliphatic rings. The van der Waals surface area contributed by atoms with Crippen LogP contribution in [0.4, 0.5) is 0 Å². The van der Waals surface area contributed by atoms with E-state index in [1.54, 1.807) is 11.8 Å². The minimum Gasteiger partial charge on any atom is -0.344 e. The van der Waals surface area contributed by atoms with E-state index < -0.39 is 6.04 Å². The maximum absolute atomic E-state index is 11.9. The molecular formula is C17H27N3O. The fourth-order valence-electron chi connectivity index (χ4n) is 3.11. The fourth-order valence-corrected chi connectivity index (χ4v) is 3.11. The Balaban J connectivity index is 1.85. The van der Waals surface area contributed by atoms with Crippen molar-refractivity contribution in [2.75, 3.05) is 26.7 Å². The summed E-state index contributed by atoms with van der Waals surface area (Å²) in [5, 5.41) is 0. The van der Waals surface area contributed by atoms with Crippen LogP contribution in [0, 0.1) is 5.92 Å². The van der Waals surface area contributed by atoms with Crippen LogP contribution >= 0.6 is 0 Å². The molecule has 116 valence electrons. The molecule has 0 saturated carbocycles. The molecule has 2 N–H and O–H groups in total. The zero-order valence-electron chi connectivity index (χ0n) is 13.2. The van der Waals surface area contributed by atoms with Gasteiger partial charge >= 0.3 is 0 Å². The minimum atomic E-state index is -0.404. The van der Waals surface area contributed by atoms with Crippen LogP contribution in [-0.4, -0.2) is 48.4 Å². The second-order valence-electron chi connectivity index (χ2n) is 6.24. The van der Waals surface area contributed by atoms with Crippen LogP contribution in [0.3, 0.4) is 0 Å². The number of hydrogen-bond donors (Lipinski definition) is 1. The number of carbonyl (C=O) groups is 1. The summed E-state index contributed by atoms with van der Waals surface area (Å²) >= 11 is 0. The molecule has 0 radical (unpaired) electrons. The first-order chi connectivity index (χ1) is 10.1. The Labute approximate surface area is 127 Å². The Kier molecular flexibility index (Phi) is 5.76. The summed E-state index contributed by atoms with van der Waals surface area (Å²) < 4.78 is 0. The van der Waals surface area contributed by atoms with Crippen molar-refractivity contribution in [1.82, 2.24) is 9.80 Å². The maximum atomic E-state index is 11.9. The third-order valence-corrected chi connectivity index (χ3v) is 4.15. The van der Waals surface area contributed by atoms with E-state index in [9.17, 15) is 4.79 Å². The molecule has 4 nitrogen and oxygen atoms in total. The van der Waals surface area contributed by atoms with Gasteiger partial charge in [-0.1, -0.05) is 30.3 Å². The van der Waals surface area contributed by atoms with Gasteiger partial charge in [0, 0.05) is 26.7 Å². The van der Waals surface area contributed by atoms with E-state index in [1.807, 2.05) is 7.05 Å². The van der Waals surface area contributed by atoms with Gasteiger partial charge in [-0.05, 0) is 37.8 Å². The molecule has 4 heteroatoms. The second kappa shape index (κ2) is 7.57. The number of hydrogen-bond acceptors (Lipinski definition) is 3. The smallest absolute Gasteiger partial charge is 0.238 e. The lowest BCUT2D eigenvalue weighted by Gasteiger charge is -2.35. The number of likely N-dealkylation sites (tertiary alicyclic amines) is 1. The Morgan fingerprint density at radius 1 is 1.43 bits per heavy atom. The van der Waals surface area contributed by atoms with Gasteiger partial charge in [0.05, 0.1) is 6.04 Å².